The number of hydrogen-bond acceptors (Lipinski definition) is 4. The Hall–Kier alpha value is -4.22. The highest BCUT2D eigenvalue weighted by Gasteiger charge is 2.30. The smallest absolute Gasteiger partial charge is 0.323 e. The average molecular weight is 471 g/mol. The lowest BCUT2D eigenvalue weighted by molar-refractivity contribution is 0.0190. The van der Waals surface area contributed by atoms with Gasteiger partial charge in [-0.25, -0.2) is 27.3 Å². The lowest BCUT2D eigenvalue weighted by Gasteiger charge is -2.14. The number of alkyl halides is 2. The average Bonchev–Trinajstić information content (AvgIpc) is 3.17. The van der Waals surface area contributed by atoms with Crippen molar-refractivity contribution in [3.63, 3.8) is 0 Å². The number of ether oxygens (including phenoxy) is 1. The molecule has 178 valence electrons. The van der Waals surface area contributed by atoms with Crippen LogP contribution < -0.4 is 15.4 Å². The van der Waals surface area contributed by atoms with Gasteiger partial charge < -0.3 is 20.4 Å². The molecule has 2 amide bonds. The maximum Gasteiger partial charge on any atom is 0.323 e. The fourth-order valence-electron chi connectivity index (χ4n) is 3.03. The highest BCUT2D eigenvalue weighted by atomic mass is 19.3. The molecule has 7 nitrogen and oxygen atoms in total. The van der Waals surface area contributed by atoms with E-state index in [1.165, 1.54) is 24.7 Å². The van der Waals surface area contributed by atoms with Gasteiger partial charge in [-0.2, -0.15) is 0 Å². The van der Waals surface area contributed by atoms with E-state index in [0.29, 0.717) is 12.6 Å². The number of H-pyrrole nitrogens is 1. The molecule has 3 heterocycles. The largest absolute Gasteiger partial charge is 0.450 e. The van der Waals surface area contributed by atoms with Crippen LogP contribution in [0.25, 0.3) is 11.0 Å². The molecule has 33 heavy (non-hydrogen) atoms. The van der Waals surface area contributed by atoms with E-state index in [1.807, 2.05) is 0 Å². The van der Waals surface area contributed by atoms with E-state index in [1.54, 1.807) is 12.1 Å². The Bertz CT molecular complexity index is 1280. The summed E-state index contributed by atoms with van der Waals surface area (Å²) in [4.78, 5) is 22.4. The molecule has 0 radical (unpaired) electrons. The SMILES string of the molecule is CC(F)(F)c1c[nH]c2nccc(Oc3c(F)cc(NC(=O)Nc4cccnc4)cc3F)c12.F.[HH].[HH].[HH]. The molecule has 0 fully saturated rings. The van der Waals surface area contributed by atoms with Crippen LogP contribution in [0.15, 0.2) is 55.1 Å². The number of aromatic amines is 1. The molecule has 3 aromatic heterocycles. The molecule has 1 aromatic carbocycles. The van der Waals surface area contributed by atoms with Crippen LogP contribution in [-0.4, -0.2) is 21.0 Å². The zero-order valence-electron chi connectivity index (χ0n) is 16.8. The number of carbonyl (C=O) groups excluding carboxylic acids is 1. The van der Waals surface area contributed by atoms with Gasteiger partial charge in [0.2, 0.25) is 0 Å². The number of nitrogens with one attached hydrogen (secondary N) is 3. The second-order valence-electron chi connectivity index (χ2n) is 6.82. The van der Waals surface area contributed by atoms with Gasteiger partial charge in [-0.3, -0.25) is 9.69 Å². The standard InChI is InChI=1S/C21H15F4N5O2.FH.3H2/c1-21(24,25)13-10-28-19-17(13)16(4-6-27-19)32-18-14(22)7-12(8-15(18)23)30-20(31)29-11-3-2-5-26-9-11;;;;/h2-10H,1H3,(H,27,28)(H2,29,30,31);4*1H. The molecule has 4 aromatic rings. The molecule has 0 saturated carbocycles. The van der Waals surface area contributed by atoms with Gasteiger partial charge in [0.15, 0.2) is 17.4 Å². The molecule has 0 saturated heterocycles. The minimum Gasteiger partial charge on any atom is -0.450 e. The van der Waals surface area contributed by atoms with Gasteiger partial charge in [0.1, 0.15) is 11.4 Å². The van der Waals surface area contributed by atoms with Crippen molar-refractivity contribution in [3.05, 3.63) is 72.3 Å². The second-order valence-corrected chi connectivity index (χ2v) is 6.82. The van der Waals surface area contributed by atoms with Gasteiger partial charge in [0, 0.05) is 47.6 Å². The van der Waals surface area contributed by atoms with E-state index < -0.39 is 34.9 Å². The summed E-state index contributed by atoms with van der Waals surface area (Å²) in [6.07, 6.45) is 5.22. The first-order valence-electron chi connectivity index (χ1n) is 9.21. The van der Waals surface area contributed by atoms with Crippen molar-refractivity contribution < 1.29 is 36.1 Å². The summed E-state index contributed by atoms with van der Waals surface area (Å²) in [7, 11) is 0. The predicted octanol–water partition coefficient (Wildman–Crippen LogP) is 6.67. The normalized spacial score (nSPS) is 11.1. The van der Waals surface area contributed by atoms with Crippen molar-refractivity contribution in [1.29, 1.82) is 0 Å². The highest BCUT2D eigenvalue weighted by molar-refractivity contribution is 5.99. The van der Waals surface area contributed by atoms with Gasteiger partial charge in [-0.1, -0.05) is 0 Å². The van der Waals surface area contributed by atoms with Crippen molar-refractivity contribution in [2.75, 3.05) is 10.6 Å². The first kappa shape index (κ1) is 23.4. The summed E-state index contributed by atoms with van der Waals surface area (Å²) in [5.74, 6) is -6.56. The summed E-state index contributed by atoms with van der Waals surface area (Å²) < 4.78 is 62.4. The first-order chi connectivity index (χ1) is 15.2. The van der Waals surface area contributed by atoms with Gasteiger partial charge in [-0.15, -0.1) is 0 Å². The number of rotatable bonds is 5. The Kier molecular flexibility index (Phi) is 6.47. The third kappa shape index (κ3) is 5.00. The molecule has 0 aliphatic rings. The summed E-state index contributed by atoms with van der Waals surface area (Å²) in [6.45, 7) is 0.685. The maximum absolute atomic E-state index is 14.6. The van der Waals surface area contributed by atoms with Gasteiger partial charge >= 0.3 is 6.03 Å². The molecule has 12 heteroatoms. The number of anilines is 2. The van der Waals surface area contributed by atoms with Crippen molar-refractivity contribution in [3.8, 4) is 11.5 Å². The number of benzene rings is 1. The highest BCUT2D eigenvalue weighted by Crippen LogP contribution is 2.40. The third-order valence-corrected chi connectivity index (χ3v) is 4.40. The molecule has 0 bridgehead atoms. The molecule has 0 atom stereocenters. The zero-order valence-corrected chi connectivity index (χ0v) is 16.8. The van der Waals surface area contributed by atoms with Crippen molar-refractivity contribution in [1.82, 2.24) is 15.0 Å². The Balaban J connectivity index is 0.00000306. The molecule has 4 rings (SSSR count). The van der Waals surface area contributed by atoms with Gasteiger partial charge in [0.25, 0.3) is 5.92 Å². The summed E-state index contributed by atoms with van der Waals surface area (Å²) in [6, 6.07) is 5.33. The number of aromatic nitrogens is 3. The van der Waals surface area contributed by atoms with E-state index in [0.717, 1.165) is 18.3 Å². The van der Waals surface area contributed by atoms with Crippen LogP contribution >= 0.6 is 0 Å². The zero-order chi connectivity index (χ0) is 22.9. The monoisotopic (exact) mass is 471 g/mol. The minimum atomic E-state index is -3.24. The number of halogens is 5. The molecule has 3 N–H and O–H groups in total. The van der Waals surface area contributed by atoms with Crippen LogP contribution in [-0.2, 0) is 5.92 Å². The number of hydrogen-bond donors (Lipinski definition) is 3. The van der Waals surface area contributed by atoms with Gasteiger partial charge in [0.05, 0.1) is 22.8 Å². The maximum atomic E-state index is 14.6. The van der Waals surface area contributed by atoms with E-state index in [2.05, 4.69) is 25.6 Å². The molecule has 0 unspecified atom stereocenters. The summed E-state index contributed by atoms with van der Waals surface area (Å²) in [5.41, 5.74) is -0.161. The molecular weight excluding hydrogens is 449 g/mol. The van der Waals surface area contributed by atoms with Crippen molar-refractivity contribution in [2.45, 2.75) is 12.8 Å². The van der Waals surface area contributed by atoms with Crippen LogP contribution in [0.3, 0.4) is 0 Å². The third-order valence-electron chi connectivity index (χ3n) is 4.40. The van der Waals surface area contributed by atoms with Crippen LogP contribution in [0.4, 0.5) is 38.4 Å². The predicted molar refractivity (Wildman–Crippen MR) is 118 cm³/mol. The lowest BCUT2D eigenvalue weighted by Crippen LogP contribution is -2.19. The number of pyridine rings is 2. The van der Waals surface area contributed by atoms with Crippen molar-refractivity contribution in [2.24, 2.45) is 0 Å². The Morgan fingerprint density at radius 2 is 1.82 bits per heavy atom. The Morgan fingerprint density at radius 1 is 1.12 bits per heavy atom. The minimum absolute atomic E-state index is 0. The van der Waals surface area contributed by atoms with E-state index >= 15 is 0 Å². The summed E-state index contributed by atoms with van der Waals surface area (Å²) in [5, 5.41) is 4.64. The number of carbonyl (C=O) groups is 1. The molecular formula is C21H22F5N5O2. The second kappa shape index (κ2) is 9.10. The topological polar surface area (TPSA) is 91.9 Å². The van der Waals surface area contributed by atoms with Crippen LogP contribution in [0.2, 0.25) is 0 Å². The van der Waals surface area contributed by atoms with Crippen LogP contribution in [0, 0.1) is 11.6 Å². The molecule has 0 aliphatic heterocycles. The lowest BCUT2D eigenvalue weighted by atomic mass is 10.1. The van der Waals surface area contributed by atoms with Crippen LogP contribution in [0.5, 0.6) is 11.5 Å². The molecule has 0 aliphatic carbocycles. The van der Waals surface area contributed by atoms with Crippen molar-refractivity contribution >= 4 is 28.4 Å². The Labute approximate surface area is 187 Å². The number of urea groups is 1. The fourth-order valence-corrected chi connectivity index (χ4v) is 3.03. The quantitative estimate of drug-likeness (QED) is 0.283. The van der Waals surface area contributed by atoms with E-state index in [4.69, 9.17) is 4.74 Å². The van der Waals surface area contributed by atoms with Gasteiger partial charge in [-0.05, 0) is 18.2 Å². The first-order valence-corrected chi connectivity index (χ1v) is 9.21. The van der Waals surface area contributed by atoms with E-state index in [9.17, 15) is 22.4 Å². The number of amides is 2. The van der Waals surface area contributed by atoms with E-state index in [-0.39, 0.29) is 31.5 Å². The number of nitrogens with zero attached hydrogens (tertiary/aromatic N) is 2. The number of fused-ring (bicyclic) bond motifs is 1. The fraction of sp³-hybridized carbons (Fsp3) is 0.0952. The summed E-state index contributed by atoms with van der Waals surface area (Å²) >= 11 is 0. The van der Waals surface area contributed by atoms with Crippen LogP contribution in [0.1, 0.15) is 16.8 Å². The Morgan fingerprint density at radius 3 is 2.45 bits per heavy atom. The molecule has 0 spiro atoms.